The molecule has 0 heterocycles. The Morgan fingerprint density at radius 2 is 1.83 bits per heavy atom. The van der Waals surface area contributed by atoms with Gasteiger partial charge in [-0.3, -0.25) is 9.59 Å². The number of hydrogen-bond donors (Lipinski definition) is 1. The van der Waals surface area contributed by atoms with E-state index in [1.54, 1.807) is 4.90 Å². The fraction of sp³-hybridized carbons (Fsp3) is 0.652. The fourth-order valence-electron chi connectivity index (χ4n) is 4.03. The van der Waals surface area contributed by atoms with Crippen molar-refractivity contribution >= 4 is 23.4 Å². The summed E-state index contributed by atoms with van der Waals surface area (Å²) in [4.78, 5) is 27.7. The van der Waals surface area contributed by atoms with Gasteiger partial charge >= 0.3 is 0 Å². The number of nitrogens with one attached hydrogen (secondary N) is 1. The number of unbranched alkanes of at least 4 members (excludes halogenated alkanes) is 1. The summed E-state index contributed by atoms with van der Waals surface area (Å²) in [5.74, 6) is 0.403. The van der Waals surface area contributed by atoms with E-state index < -0.39 is 6.04 Å². The van der Waals surface area contributed by atoms with Gasteiger partial charge in [-0.05, 0) is 49.8 Å². The highest BCUT2D eigenvalue weighted by Crippen LogP contribution is 2.36. The number of halogens is 1. The van der Waals surface area contributed by atoms with Gasteiger partial charge in [0.05, 0.1) is 6.61 Å². The number of nitrogens with zero attached hydrogens (tertiary/aromatic N) is 1. The first-order valence-electron chi connectivity index (χ1n) is 11.0. The summed E-state index contributed by atoms with van der Waals surface area (Å²) < 4.78 is 5.75. The zero-order valence-electron chi connectivity index (χ0n) is 17.4. The molecule has 0 unspecified atom stereocenters. The van der Waals surface area contributed by atoms with Crippen molar-refractivity contribution in [2.75, 3.05) is 12.5 Å². The van der Waals surface area contributed by atoms with Gasteiger partial charge in [0.25, 0.3) is 0 Å². The summed E-state index contributed by atoms with van der Waals surface area (Å²) in [5, 5.41) is 3.21. The van der Waals surface area contributed by atoms with E-state index in [1.165, 1.54) is 6.42 Å². The Morgan fingerprint density at radius 3 is 2.41 bits per heavy atom. The molecule has 2 fully saturated rings. The molecule has 6 heteroatoms. The maximum atomic E-state index is 13.3. The number of carbonyl (C=O) groups is 2. The van der Waals surface area contributed by atoms with E-state index in [0.717, 1.165) is 62.7 Å². The van der Waals surface area contributed by atoms with Gasteiger partial charge in [-0.2, -0.15) is 0 Å². The highest BCUT2D eigenvalue weighted by atomic mass is 35.5. The van der Waals surface area contributed by atoms with Gasteiger partial charge < -0.3 is 15.0 Å². The Balaban J connectivity index is 1.79. The van der Waals surface area contributed by atoms with Gasteiger partial charge in [0.1, 0.15) is 17.7 Å². The lowest BCUT2D eigenvalue weighted by atomic mass is 9.94. The second kappa shape index (κ2) is 10.9. The number of carbonyl (C=O) groups excluding carboxylic acids is 2. The van der Waals surface area contributed by atoms with E-state index in [0.29, 0.717) is 6.61 Å². The molecule has 2 aliphatic rings. The third-order valence-electron chi connectivity index (χ3n) is 5.78. The fourth-order valence-corrected chi connectivity index (χ4v) is 4.16. The molecule has 1 aromatic rings. The summed E-state index contributed by atoms with van der Waals surface area (Å²) >= 11 is 5.90. The molecule has 2 aliphatic carbocycles. The van der Waals surface area contributed by atoms with Gasteiger partial charge in [0.15, 0.2) is 0 Å². The monoisotopic (exact) mass is 420 g/mol. The number of amides is 2. The smallest absolute Gasteiger partial charge is 0.247 e. The van der Waals surface area contributed by atoms with Crippen molar-refractivity contribution in [1.29, 1.82) is 0 Å². The molecule has 3 rings (SSSR count). The molecule has 1 atom stereocenters. The van der Waals surface area contributed by atoms with Crippen LogP contribution in [0.2, 0.25) is 0 Å². The molecule has 0 bridgehead atoms. The van der Waals surface area contributed by atoms with Crippen molar-refractivity contribution in [2.24, 2.45) is 0 Å². The average Bonchev–Trinajstić information content (AvgIpc) is 3.58. The normalized spacial score (nSPS) is 18.1. The maximum Gasteiger partial charge on any atom is 0.247 e. The van der Waals surface area contributed by atoms with Crippen LogP contribution in [0.4, 0.5) is 0 Å². The van der Waals surface area contributed by atoms with Crippen LogP contribution >= 0.6 is 11.6 Å². The predicted octanol–water partition coefficient (Wildman–Crippen LogP) is 4.59. The van der Waals surface area contributed by atoms with Crippen LogP contribution in [0.15, 0.2) is 24.3 Å². The molecule has 0 spiro atoms. The quantitative estimate of drug-likeness (QED) is 0.445. The molecule has 2 amide bonds. The molecule has 1 aromatic carbocycles. The highest BCUT2D eigenvalue weighted by molar-refractivity contribution is 6.27. The van der Waals surface area contributed by atoms with E-state index in [9.17, 15) is 9.59 Å². The first kappa shape index (κ1) is 21.9. The third kappa shape index (κ3) is 6.11. The zero-order chi connectivity index (χ0) is 20.6. The predicted molar refractivity (Wildman–Crippen MR) is 115 cm³/mol. The van der Waals surface area contributed by atoms with Crippen LogP contribution in [0, 0.1) is 0 Å². The molecule has 29 heavy (non-hydrogen) atoms. The minimum atomic E-state index is -0.639. The number of alkyl halides is 1. The van der Waals surface area contributed by atoms with Crippen molar-refractivity contribution in [3.05, 3.63) is 29.8 Å². The number of benzene rings is 1. The summed E-state index contributed by atoms with van der Waals surface area (Å²) in [6.45, 7) is 2.81. The van der Waals surface area contributed by atoms with E-state index in [1.807, 2.05) is 24.3 Å². The molecular formula is C23H33ClN2O3. The van der Waals surface area contributed by atoms with Crippen molar-refractivity contribution in [3.63, 3.8) is 0 Å². The lowest BCUT2D eigenvalue weighted by Crippen LogP contribution is -2.48. The third-order valence-corrected chi connectivity index (χ3v) is 6.01. The van der Waals surface area contributed by atoms with Gasteiger partial charge in [-0.1, -0.05) is 44.7 Å². The van der Waals surface area contributed by atoms with Gasteiger partial charge in [0, 0.05) is 12.1 Å². The zero-order valence-corrected chi connectivity index (χ0v) is 18.1. The molecule has 5 nitrogen and oxygen atoms in total. The largest absolute Gasteiger partial charge is 0.494 e. The van der Waals surface area contributed by atoms with Crippen LogP contribution in [0.25, 0.3) is 0 Å². The number of ether oxygens (including phenoxy) is 1. The van der Waals surface area contributed by atoms with E-state index in [-0.39, 0.29) is 29.8 Å². The van der Waals surface area contributed by atoms with Crippen LogP contribution in [0.1, 0.15) is 76.3 Å². The molecule has 0 radical (unpaired) electrons. The molecule has 0 aliphatic heterocycles. The van der Waals surface area contributed by atoms with Crippen LogP contribution < -0.4 is 10.1 Å². The van der Waals surface area contributed by atoms with Gasteiger partial charge in [-0.15, -0.1) is 11.6 Å². The van der Waals surface area contributed by atoms with Crippen molar-refractivity contribution in [1.82, 2.24) is 10.2 Å². The van der Waals surface area contributed by atoms with Crippen molar-refractivity contribution in [3.8, 4) is 5.75 Å². The molecule has 2 saturated carbocycles. The summed E-state index contributed by atoms with van der Waals surface area (Å²) in [6.07, 6.45) is 9.48. The van der Waals surface area contributed by atoms with E-state index in [2.05, 4.69) is 12.2 Å². The summed E-state index contributed by atoms with van der Waals surface area (Å²) in [6, 6.07) is 7.25. The molecule has 160 valence electrons. The lowest BCUT2D eigenvalue weighted by molar-refractivity contribution is -0.140. The van der Waals surface area contributed by atoms with Crippen molar-refractivity contribution < 1.29 is 14.3 Å². The second-order valence-corrected chi connectivity index (χ2v) is 8.45. The maximum absolute atomic E-state index is 13.3. The molecule has 0 aromatic heterocycles. The van der Waals surface area contributed by atoms with Crippen LogP contribution in [-0.2, 0) is 9.59 Å². The Hall–Kier alpha value is -1.75. The summed E-state index contributed by atoms with van der Waals surface area (Å²) in [5.41, 5.74) is 0.812. The average molecular weight is 421 g/mol. The minimum absolute atomic E-state index is 0.0954. The second-order valence-electron chi connectivity index (χ2n) is 8.18. The Labute approximate surface area is 179 Å². The SMILES string of the molecule is CCCCOc1ccc([C@@H](C(=O)NC2CCCCC2)N(C(=O)CCl)C2CC2)cc1. The lowest BCUT2D eigenvalue weighted by Gasteiger charge is -2.33. The summed E-state index contributed by atoms with van der Waals surface area (Å²) in [7, 11) is 0. The topological polar surface area (TPSA) is 58.6 Å². The van der Waals surface area contributed by atoms with Crippen LogP contribution in [0.5, 0.6) is 5.75 Å². The van der Waals surface area contributed by atoms with Crippen LogP contribution in [0.3, 0.4) is 0 Å². The number of hydrogen-bond acceptors (Lipinski definition) is 3. The Morgan fingerprint density at radius 1 is 1.14 bits per heavy atom. The minimum Gasteiger partial charge on any atom is -0.494 e. The number of rotatable bonds is 10. The Bertz CT molecular complexity index is 669. The first-order valence-corrected chi connectivity index (χ1v) is 11.6. The van der Waals surface area contributed by atoms with Crippen molar-refractivity contribution in [2.45, 2.75) is 82.8 Å². The first-order chi connectivity index (χ1) is 14.1. The highest BCUT2D eigenvalue weighted by Gasteiger charge is 2.41. The molecular weight excluding hydrogens is 388 g/mol. The Kier molecular flexibility index (Phi) is 8.22. The van der Waals surface area contributed by atoms with Crippen LogP contribution in [-0.4, -0.2) is 41.3 Å². The molecule has 1 N–H and O–H groups in total. The van der Waals surface area contributed by atoms with E-state index in [4.69, 9.17) is 16.3 Å². The van der Waals surface area contributed by atoms with Gasteiger partial charge in [-0.25, -0.2) is 0 Å². The van der Waals surface area contributed by atoms with Gasteiger partial charge in [0.2, 0.25) is 11.8 Å². The molecule has 0 saturated heterocycles. The standard InChI is InChI=1S/C23H33ClN2O3/c1-2-3-15-29-20-13-9-17(10-14-20)22(26(19-11-12-19)21(27)16-24)23(28)25-18-7-5-4-6-8-18/h9-10,13-14,18-19,22H,2-8,11-12,15-16H2,1H3,(H,25,28)/t22-/m0/s1. The van der Waals surface area contributed by atoms with E-state index >= 15 is 0 Å².